The first-order chi connectivity index (χ1) is 10.0. The molecule has 21 heavy (non-hydrogen) atoms. The summed E-state index contributed by atoms with van der Waals surface area (Å²) in [7, 11) is 2.06. The van der Waals surface area contributed by atoms with Crippen LogP contribution in [0.1, 0.15) is 30.3 Å². The van der Waals surface area contributed by atoms with E-state index in [2.05, 4.69) is 72.3 Å². The predicted octanol–water partition coefficient (Wildman–Crippen LogP) is 3.99. The highest BCUT2D eigenvalue weighted by atomic mass is 15.2. The molecule has 0 atom stereocenters. The summed E-state index contributed by atoms with van der Waals surface area (Å²) in [5, 5.41) is 3.39. The van der Waals surface area contributed by atoms with Crippen LogP contribution < -0.4 is 10.2 Å². The Balaban J connectivity index is 2.43. The lowest BCUT2D eigenvalue weighted by molar-refractivity contribution is 0.937. The zero-order valence-electron chi connectivity index (χ0n) is 13.6. The Morgan fingerprint density at radius 1 is 1.10 bits per heavy atom. The molecule has 1 aromatic carbocycles. The van der Waals surface area contributed by atoms with Crippen LogP contribution in [0.25, 0.3) is 0 Å². The summed E-state index contributed by atoms with van der Waals surface area (Å²) in [5.41, 5.74) is 3.48. The van der Waals surface area contributed by atoms with E-state index in [1.165, 1.54) is 11.3 Å². The van der Waals surface area contributed by atoms with Crippen molar-refractivity contribution in [1.29, 1.82) is 0 Å². The third kappa shape index (κ3) is 3.32. The number of nitrogens with zero attached hydrogens (tertiary/aromatic N) is 3. The summed E-state index contributed by atoms with van der Waals surface area (Å²) in [5.74, 6) is 2.67. The SMILES string of the molecule is CCCNc1nc(C)nc(N(C)c2ccccc2C)c1C. The first-order valence-electron chi connectivity index (χ1n) is 7.43. The molecule has 2 aromatic rings. The van der Waals surface area contributed by atoms with Gasteiger partial charge in [-0.15, -0.1) is 0 Å². The number of anilines is 3. The maximum Gasteiger partial charge on any atom is 0.141 e. The average molecular weight is 284 g/mol. The van der Waals surface area contributed by atoms with Crippen LogP contribution in [0.2, 0.25) is 0 Å². The van der Waals surface area contributed by atoms with E-state index in [1.54, 1.807) is 0 Å². The highest BCUT2D eigenvalue weighted by molar-refractivity contribution is 5.68. The lowest BCUT2D eigenvalue weighted by Gasteiger charge is -2.23. The van der Waals surface area contributed by atoms with Crippen molar-refractivity contribution in [2.45, 2.75) is 34.1 Å². The van der Waals surface area contributed by atoms with Crippen LogP contribution in [0.5, 0.6) is 0 Å². The number of para-hydroxylation sites is 1. The lowest BCUT2D eigenvalue weighted by atomic mass is 10.1. The number of benzene rings is 1. The Kier molecular flexibility index (Phi) is 4.78. The Bertz CT molecular complexity index is 622. The van der Waals surface area contributed by atoms with Crippen molar-refractivity contribution >= 4 is 17.3 Å². The number of hydrogen-bond acceptors (Lipinski definition) is 4. The normalized spacial score (nSPS) is 10.5. The Hall–Kier alpha value is -2.10. The Morgan fingerprint density at radius 2 is 1.81 bits per heavy atom. The van der Waals surface area contributed by atoms with E-state index in [1.807, 2.05) is 6.92 Å². The summed E-state index contributed by atoms with van der Waals surface area (Å²) in [6.07, 6.45) is 1.07. The van der Waals surface area contributed by atoms with E-state index in [4.69, 9.17) is 0 Å². The van der Waals surface area contributed by atoms with Gasteiger partial charge in [0.25, 0.3) is 0 Å². The smallest absolute Gasteiger partial charge is 0.141 e. The molecule has 0 saturated heterocycles. The summed E-state index contributed by atoms with van der Waals surface area (Å²) in [6, 6.07) is 8.34. The highest BCUT2D eigenvalue weighted by Gasteiger charge is 2.15. The number of hydrogen-bond donors (Lipinski definition) is 1. The van der Waals surface area contributed by atoms with E-state index < -0.39 is 0 Å². The quantitative estimate of drug-likeness (QED) is 0.901. The Morgan fingerprint density at radius 3 is 2.48 bits per heavy atom. The molecule has 1 N–H and O–H groups in total. The van der Waals surface area contributed by atoms with Crippen LogP contribution >= 0.6 is 0 Å². The van der Waals surface area contributed by atoms with Gasteiger partial charge in [-0.2, -0.15) is 0 Å². The zero-order valence-corrected chi connectivity index (χ0v) is 13.6. The van der Waals surface area contributed by atoms with E-state index in [0.717, 1.165) is 36.0 Å². The van der Waals surface area contributed by atoms with Crippen LogP contribution in [-0.2, 0) is 0 Å². The molecule has 0 aliphatic rings. The molecule has 0 fully saturated rings. The molecule has 2 rings (SSSR count). The highest BCUT2D eigenvalue weighted by Crippen LogP contribution is 2.30. The van der Waals surface area contributed by atoms with Gasteiger partial charge in [0.05, 0.1) is 0 Å². The zero-order chi connectivity index (χ0) is 15.4. The Labute approximate surface area is 127 Å². The van der Waals surface area contributed by atoms with Gasteiger partial charge in [-0.3, -0.25) is 0 Å². The second kappa shape index (κ2) is 6.57. The number of aromatic nitrogens is 2. The minimum absolute atomic E-state index is 0.787. The van der Waals surface area contributed by atoms with Gasteiger partial charge in [0.2, 0.25) is 0 Å². The molecular formula is C17H24N4. The molecule has 1 heterocycles. The second-order valence-electron chi connectivity index (χ2n) is 5.34. The topological polar surface area (TPSA) is 41.1 Å². The van der Waals surface area contributed by atoms with Crippen LogP contribution in [-0.4, -0.2) is 23.6 Å². The van der Waals surface area contributed by atoms with Gasteiger partial charge < -0.3 is 10.2 Å². The molecule has 0 bridgehead atoms. The monoisotopic (exact) mass is 284 g/mol. The van der Waals surface area contributed by atoms with E-state index >= 15 is 0 Å². The van der Waals surface area contributed by atoms with Gasteiger partial charge in [-0.05, 0) is 38.8 Å². The summed E-state index contributed by atoms with van der Waals surface area (Å²) in [4.78, 5) is 11.3. The van der Waals surface area contributed by atoms with Crippen LogP contribution in [0.15, 0.2) is 24.3 Å². The molecule has 4 heteroatoms. The van der Waals surface area contributed by atoms with Crippen molar-refractivity contribution in [3.05, 3.63) is 41.2 Å². The fourth-order valence-corrected chi connectivity index (χ4v) is 2.41. The third-order valence-corrected chi connectivity index (χ3v) is 3.57. The van der Waals surface area contributed by atoms with Crippen molar-refractivity contribution in [3.8, 4) is 0 Å². The lowest BCUT2D eigenvalue weighted by Crippen LogP contribution is -2.17. The number of nitrogens with one attached hydrogen (secondary N) is 1. The van der Waals surface area contributed by atoms with E-state index in [-0.39, 0.29) is 0 Å². The van der Waals surface area contributed by atoms with Crippen LogP contribution in [0.3, 0.4) is 0 Å². The average Bonchev–Trinajstić information content (AvgIpc) is 2.47. The molecule has 0 aliphatic carbocycles. The molecular weight excluding hydrogens is 260 g/mol. The summed E-state index contributed by atoms with van der Waals surface area (Å²) in [6.45, 7) is 9.19. The van der Waals surface area contributed by atoms with Gasteiger partial charge in [0, 0.05) is 24.8 Å². The molecule has 112 valence electrons. The van der Waals surface area contributed by atoms with Gasteiger partial charge in [-0.1, -0.05) is 25.1 Å². The molecule has 0 saturated carbocycles. The van der Waals surface area contributed by atoms with Crippen molar-refractivity contribution in [1.82, 2.24) is 9.97 Å². The second-order valence-corrected chi connectivity index (χ2v) is 5.34. The molecule has 4 nitrogen and oxygen atoms in total. The third-order valence-electron chi connectivity index (χ3n) is 3.57. The molecule has 0 unspecified atom stereocenters. The largest absolute Gasteiger partial charge is 0.370 e. The fraction of sp³-hybridized carbons (Fsp3) is 0.412. The van der Waals surface area contributed by atoms with Gasteiger partial charge >= 0.3 is 0 Å². The molecule has 0 radical (unpaired) electrons. The minimum atomic E-state index is 0.787. The first-order valence-corrected chi connectivity index (χ1v) is 7.43. The van der Waals surface area contributed by atoms with E-state index in [0.29, 0.717) is 0 Å². The van der Waals surface area contributed by atoms with Crippen molar-refractivity contribution in [3.63, 3.8) is 0 Å². The molecule has 1 aromatic heterocycles. The molecule has 0 aliphatic heterocycles. The van der Waals surface area contributed by atoms with Crippen LogP contribution in [0, 0.1) is 20.8 Å². The summed E-state index contributed by atoms with van der Waals surface area (Å²) < 4.78 is 0. The molecule has 0 spiro atoms. The number of rotatable bonds is 5. The van der Waals surface area contributed by atoms with Gasteiger partial charge in [0.1, 0.15) is 17.5 Å². The number of aryl methyl sites for hydroxylation is 2. The minimum Gasteiger partial charge on any atom is -0.370 e. The van der Waals surface area contributed by atoms with Crippen LogP contribution in [0.4, 0.5) is 17.3 Å². The van der Waals surface area contributed by atoms with Crippen molar-refractivity contribution in [2.75, 3.05) is 23.8 Å². The first kappa shape index (κ1) is 15.3. The maximum absolute atomic E-state index is 4.63. The van der Waals surface area contributed by atoms with Gasteiger partial charge in [-0.25, -0.2) is 9.97 Å². The fourth-order valence-electron chi connectivity index (χ4n) is 2.41. The molecule has 0 amide bonds. The van der Waals surface area contributed by atoms with E-state index in [9.17, 15) is 0 Å². The maximum atomic E-state index is 4.63. The van der Waals surface area contributed by atoms with Crippen molar-refractivity contribution in [2.24, 2.45) is 0 Å². The van der Waals surface area contributed by atoms with Crippen molar-refractivity contribution < 1.29 is 0 Å². The van der Waals surface area contributed by atoms with Gasteiger partial charge in [0.15, 0.2) is 0 Å². The summed E-state index contributed by atoms with van der Waals surface area (Å²) >= 11 is 0. The standard InChI is InChI=1S/C17H24N4/c1-6-11-18-16-13(3)17(20-14(4)19-16)21(5)15-10-8-7-9-12(15)2/h7-10H,6,11H2,1-5H3,(H,18,19,20). The predicted molar refractivity (Wildman–Crippen MR) is 89.5 cm³/mol.